The number of nitrogens with one attached hydrogen (secondary N) is 1. The van der Waals surface area contributed by atoms with Crippen molar-refractivity contribution >= 4 is 28.9 Å². The summed E-state index contributed by atoms with van der Waals surface area (Å²) in [7, 11) is 0. The average molecular weight is 286 g/mol. The topological polar surface area (TPSA) is 78.6 Å². The SMILES string of the molecule is CCCN(CCO)CC(=O)Nc1ccc(N)cc1Cl. The van der Waals surface area contributed by atoms with Crippen LogP contribution in [0.4, 0.5) is 11.4 Å². The summed E-state index contributed by atoms with van der Waals surface area (Å²) in [5, 5.41) is 12.1. The molecule has 0 atom stereocenters. The lowest BCUT2D eigenvalue weighted by Crippen LogP contribution is -2.35. The van der Waals surface area contributed by atoms with Gasteiger partial charge in [-0.2, -0.15) is 0 Å². The Balaban J connectivity index is 2.58. The molecule has 5 nitrogen and oxygen atoms in total. The van der Waals surface area contributed by atoms with Gasteiger partial charge in [-0.25, -0.2) is 0 Å². The van der Waals surface area contributed by atoms with E-state index in [1.54, 1.807) is 18.2 Å². The van der Waals surface area contributed by atoms with E-state index in [0.29, 0.717) is 22.9 Å². The van der Waals surface area contributed by atoms with Crippen molar-refractivity contribution in [3.63, 3.8) is 0 Å². The zero-order chi connectivity index (χ0) is 14.3. The van der Waals surface area contributed by atoms with Crippen molar-refractivity contribution in [3.05, 3.63) is 23.2 Å². The van der Waals surface area contributed by atoms with Crippen LogP contribution in [-0.2, 0) is 4.79 Å². The molecule has 0 aliphatic carbocycles. The van der Waals surface area contributed by atoms with Crippen molar-refractivity contribution in [1.82, 2.24) is 4.90 Å². The van der Waals surface area contributed by atoms with Crippen molar-refractivity contribution in [2.45, 2.75) is 13.3 Å². The molecule has 0 fully saturated rings. The smallest absolute Gasteiger partial charge is 0.238 e. The quantitative estimate of drug-likeness (QED) is 0.665. The van der Waals surface area contributed by atoms with Gasteiger partial charge in [0, 0.05) is 12.2 Å². The first-order valence-electron chi connectivity index (χ1n) is 6.25. The second-order valence-corrected chi connectivity index (χ2v) is 4.69. The number of amides is 1. The Morgan fingerprint density at radius 2 is 2.21 bits per heavy atom. The van der Waals surface area contributed by atoms with E-state index >= 15 is 0 Å². The number of carbonyl (C=O) groups is 1. The highest BCUT2D eigenvalue weighted by atomic mass is 35.5. The number of hydrogen-bond acceptors (Lipinski definition) is 4. The van der Waals surface area contributed by atoms with E-state index in [1.807, 2.05) is 11.8 Å². The minimum absolute atomic E-state index is 0.0376. The van der Waals surface area contributed by atoms with Crippen molar-refractivity contribution in [2.75, 3.05) is 37.3 Å². The Morgan fingerprint density at radius 3 is 2.79 bits per heavy atom. The number of halogens is 1. The van der Waals surface area contributed by atoms with Gasteiger partial charge in [-0.1, -0.05) is 18.5 Å². The third kappa shape index (κ3) is 5.46. The number of nitrogens with zero attached hydrogens (tertiary/aromatic N) is 1. The fraction of sp³-hybridized carbons (Fsp3) is 0.462. The van der Waals surface area contributed by atoms with Crippen molar-refractivity contribution in [2.24, 2.45) is 0 Å². The number of carbonyl (C=O) groups excluding carboxylic acids is 1. The minimum Gasteiger partial charge on any atom is -0.399 e. The van der Waals surface area contributed by atoms with Crippen LogP contribution in [0.15, 0.2) is 18.2 Å². The molecule has 6 heteroatoms. The Kier molecular flexibility index (Phi) is 6.62. The zero-order valence-corrected chi connectivity index (χ0v) is 11.8. The number of aliphatic hydroxyl groups is 1. The first-order chi connectivity index (χ1) is 9.06. The van der Waals surface area contributed by atoms with Gasteiger partial charge in [-0.05, 0) is 31.2 Å². The van der Waals surface area contributed by atoms with Crippen LogP contribution in [0.1, 0.15) is 13.3 Å². The second kappa shape index (κ2) is 7.99. The maximum Gasteiger partial charge on any atom is 0.238 e. The Labute approximate surface area is 118 Å². The van der Waals surface area contributed by atoms with Gasteiger partial charge in [0.1, 0.15) is 0 Å². The Hall–Kier alpha value is -1.30. The number of hydrogen-bond donors (Lipinski definition) is 3. The van der Waals surface area contributed by atoms with E-state index in [0.717, 1.165) is 13.0 Å². The molecule has 1 aromatic carbocycles. The number of nitrogens with two attached hydrogens (primary N) is 1. The summed E-state index contributed by atoms with van der Waals surface area (Å²) in [5.74, 6) is -0.159. The number of nitrogen functional groups attached to an aromatic ring is 1. The van der Waals surface area contributed by atoms with E-state index in [9.17, 15) is 4.79 Å². The van der Waals surface area contributed by atoms with Crippen LogP contribution < -0.4 is 11.1 Å². The van der Waals surface area contributed by atoms with Gasteiger partial charge < -0.3 is 16.2 Å². The molecule has 19 heavy (non-hydrogen) atoms. The van der Waals surface area contributed by atoms with Crippen LogP contribution in [0.2, 0.25) is 5.02 Å². The van der Waals surface area contributed by atoms with Gasteiger partial charge >= 0.3 is 0 Å². The number of benzene rings is 1. The zero-order valence-electron chi connectivity index (χ0n) is 11.0. The van der Waals surface area contributed by atoms with E-state index in [-0.39, 0.29) is 19.1 Å². The van der Waals surface area contributed by atoms with Crippen LogP contribution in [0, 0.1) is 0 Å². The highest BCUT2D eigenvalue weighted by Gasteiger charge is 2.11. The number of anilines is 2. The van der Waals surface area contributed by atoms with Crippen molar-refractivity contribution in [1.29, 1.82) is 0 Å². The monoisotopic (exact) mass is 285 g/mol. The lowest BCUT2D eigenvalue weighted by molar-refractivity contribution is -0.117. The predicted octanol–water partition coefficient (Wildman–Crippen LogP) is 1.56. The van der Waals surface area contributed by atoms with Crippen LogP contribution in [0.3, 0.4) is 0 Å². The summed E-state index contributed by atoms with van der Waals surface area (Å²) >= 11 is 5.98. The van der Waals surface area contributed by atoms with Gasteiger partial charge in [0.2, 0.25) is 5.91 Å². The highest BCUT2D eigenvalue weighted by molar-refractivity contribution is 6.34. The largest absolute Gasteiger partial charge is 0.399 e. The molecule has 0 bridgehead atoms. The predicted molar refractivity (Wildman–Crippen MR) is 78.3 cm³/mol. The van der Waals surface area contributed by atoms with Crippen LogP contribution in [-0.4, -0.2) is 42.2 Å². The molecule has 0 heterocycles. The fourth-order valence-electron chi connectivity index (χ4n) is 1.75. The molecule has 0 unspecified atom stereocenters. The van der Waals surface area contributed by atoms with Gasteiger partial charge in [0.25, 0.3) is 0 Å². The fourth-order valence-corrected chi connectivity index (χ4v) is 1.99. The van der Waals surface area contributed by atoms with E-state index < -0.39 is 0 Å². The molecule has 0 saturated carbocycles. The molecule has 1 aromatic rings. The molecule has 1 amide bonds. The normalized spacial score (nSPS) is 10.7. The van der Waals surface area contributed by atoms with E-state index in [2.05, 4.69) is 5.32 Å². The molecular weight excluding hydrogens is 266 g/mol. The van der Waals surface area contributed by atoms with Crippen molar-refractivity contribution < 1.29 is 9.90 Å². The molecule has 0 spiro atoms. The van der Waals surface area contributed by atoms with Crippen LogP contribution in [0.5, 0.6) is 0 Å². The molecule has 0 aliphatic heterocycles. The third-order valence-corrected chi connectivity index (χ3v) is 2.90. The lowest BCUT2D eigenvalue weighted by Gasteiger charge is -2.20. The Bertz CT molecular complexity index is 420. The molecule has 0 radical (unpaired) electrons. The van der Waals surface area contributed by atoms with Crippen LogP contribution in [0.25, 0.3) is 0 Å². The molecule has 1 rings (SSSR count). The summed E-state index contributed by atoms with van der Waals surface area (Å²) in [6.07, 6.45) is 0.926. The van der Waals surface area contributed by atoms with Crippen molar-refractivity contribution in [3.8, 4) is 0 Å². The van der Waals surface area contributed by atoms with E-state index in [1.165, 1.54) is 0 Å². The molecule has 0 saturated heterocycles. The molecule has 106 valence electrons. The maximum absolute atomic E-state index is 11.9. The second-order valence-electron chi connectivity index (χ2n) is 4.29. The summed E-state index contributed by atoms with van der Waals surface area (Å²) in [6, 6.07) is 4.94. The lowest BCUT2D eigenvalue weighted by atomic mass is 10.3. The third-order valence-electron chi connectivity index (χ3n) is 2.59. The average Bonchev–Trinajstić information content (AvgIpc) is 2.33. The molecule has 0 aliphatic rings. The molecule has 4 N–H and O–H groups in total. The van der Waals surface area contributed by atoms with Gasteiger partial charge in [0.05, 0.1) is 23.9 Å². The van der Waals surface area contributed by atoms with E-state index in [4.69, 9.17) is 22.4 Å². The summed E-state index contributed by atoms with van der Waals surface area (Å²) in [6.45, 7) is 3.55. The summed E-state index contributed by atoms with van der Waals surface area (Å²) < 4.78 is 0. The van der Waals surface area contributed by atoms with Gasteiger partial charge in [-0.3, -0.25) is 9.69 Å². The maximum atomic E-state index is 11.9. The summed E-state index contributed by atoms with van der Waals surface area (Å²) in [4.78, 5) is 13.8. The standard InChI is InChI=1S/C13H20ClN3O2/c1-2-5-17(6-7-18)9-13(19)16-12-4-3-10(15)8-11(12)14/h3-4,8,18H,2,5-7,9,15H2,1H3,(H,16,19). The first-order valence-corrected chi connectivity index (χ1v) is 6.62. The molecule has 0 aromatic heterocycles. The number of rotatable bonds is 7. The highest BCUT2D eigenvalue weighted by Crippen LogP contribution is 2.23. The minimum atomic E-state index is -0.159. The Morgan fingerprint density at radius 1 is 1.47 bits per heavy atom. The molecular formula is C13H20ClN3O2. The summed E-state index contributed by atoms with van der Waals surface area (Å²) in [5.41, 5.74) is 6.68. The number of aliphatic hydroxyl groups excluding tert-OH is 1. The first kappa shape index (κ1) is 15.8. The van der Waals surface area contributed by atoms with Gasteiger partial charge in [0.15, 0.2) is 0 Å². The van der Waals surface area contributed by atoms with Gasteiger partial charge in [-0.15, -0.1) is 0 Å². The van der Waals surface area contributed by atoms with Crippen LogP contribution >= 0.6 is 11.6 Å².